The highest BCUT2D eigenvalue weighted by Gasteiger charge is 2.31. The van der Waals surface area contributed by atoms with Gasteiger partial charge in [-0.3, -0.25) is 0 Å². The third kappa shape index (κ3) is 7.44. The number of halogens is 3. The van der Waals surface area contributed by atoms with E-state index in [2.05, 4.69) is 30.3 Å². The molecule has 11 aromatic rings. The number of hydrogen-bond donors (Lipinski definition) is 0. The van der Waals surface area contributed by atoms with Gasteiger partial charge >= 0.3 is 6.18 Å². The maximum Gasteiger partial charge on any atom is 0.416 e. The van der Waals surface area contributed by atoms with Crippen molar-refractivity contribution in [2.24, 2.45) is 0 Å². The highest BCUT2D eigenvalue weighted by molar-refractivity contribution is 6.12. The van der Waals surface area contributed by atoms with Gasteiger partial charge in [0, 0.05) is 49.5 Å². The molecule has 0 saturated heterocycles. The Balaban J connectivity index is 1.18. The third-order valence-electron chi connectivity index (χ3n) is 13.6. The summed E-state index contributed by atoms with van der Waals surface area (Å²) in [6.45, 7) is 0. The largest absolute Gasteiger partial charge is 0.416 e. The molecule has 350 valence electrons. The molecule has 0 aliphatic carbocycles. The number of alkyl halides is 3. The van der Waals surface area contributed by atoms with Crippen molar-refractivity contribution in [3.8, 4) is 104 Å². The molecule has 10 nitrogen and oxygen atoms in total. The Morgan fingerprint density at radius 1 is 0.329 bits per heavy atom. The van der Waals surface area contributed by atoms with Crippen molar-refractivity contribution in [2.75, 3.05) is 0 Å². The minimum Gasteiger partial charge on any atom is -0.309 e. The molecule has 0 unspecified atom stereocenters. The van der Waals surface area contributed by atoms with E-state index in [1.165, 1.54) is 30.3 Å². The van der Waals surface area contributed by atoms with Crippen LogP contribution in [0.5, 0.6) is 0 Å². The molecule has 11 rings (SSSR count). The lowest BCUT2D eigenvalue weighted by molar-refractivity contribution is -0.137. The normalized spacial score (nSPS) is 11.0. The van der Waals surface area contributed by atoms with E-state index < -0.39 is 11.7 Å². The number of nitrogens with zero attached hydrogens (tertiary/aromatic N) is 10. The standard InChI is InChI=1S/C63H27F3N10/c64-63(65,66)47-13-15-49(42(23-47)31-70)38-10-16-60(76-57-8-4-2-6-51(57)54-26-40(12-18-59(54)76)62-45(34-73)21-37(29-68)22-46(62)35-74)55(24-38)52-27-48(14-9-41(52)30-69)75-56-7-3-1-5-50(56)53-25-39(11-17-58(53)75)61-43(32-71)19-36(28-67)20-44(61)33-72/h1-27H. The molecule has 0 amide bonds. The third-order valence-corrected chi connectivity index (χ3v) is 13.6. The molecule has 2 aromatic heterocycles. The molecule has 9 aromatic carbocycles. The van der Waals surface area contributed by atoms with Crippen LogP contribution in [0.2, 0.25) is 0 Å². The van der Waals surface area contributed by atoms with Crippen LogP contribution in [0, 0.1) is 90.6 Å². The molecular weight excluding hydrogens is 954 g/mol. The summed E-state index contributed by atoms with van der Waals surface area (Å²) in [7, 11) is 0. The van der Waals surface area contributed by atoms with Crippen LogP contribution in [-0.4, -0.2) is 9.13 Å². The first kappa shape index (κ1) is 46.7. The van der Waals surface area contributed by atoms with Crippen LogP contribution < -0.4 is 0 Å². The molecule has 0 aliphatic rings. The fraction of sp³-hybridized carbons (Fsp3) is 0.0159. The molecule has 13 heteroatoms. The highest BCUT2D eigenvalue weighted by atomic mass is 19.4. The lowest BCUT2D eigenvalue weighted by atomic mass is 9.91. The second-order valence-corrected chi connectivity index (χ2v) is 17.7. The summed E-state index contributed by atoms with van der Waals surface area (Å²) in [5.74, 6) is 0. The van der Waals surface area contributed by atoms with E-state index >= 15 is 0 Å². The van der Waals surface area contributed by atoms with Gasteiger partial charge in [0.25, 0.3) is 0 Å². The number of benzene rings is 9. The predicted octanol–water partition coefficient (Wildman–Crippen LogP) is 14.5. The minimum absolute atomic E-state index is 0.150. The maximum atomic E-state index is 14.0. The van der Waals surface area contributed by atoms with Crippen LogP contribution in [0.1, 0.15) is 50.1 Å². The van der Waals surface area contributed by atoms with Crippen LogP contribution in [-0.2, 0) is 6.18 Å². The lowest BCUT2D eigenvalue weighted by Gasteiger charge is -2.19. The number of para-hydroxylation sites is 2. The summed E-state index contributed by atoms with van der Waals surface area (Å²) >= 11 is 0. The molecule has 0 saturated carbocycles. The van der Waals surface area contributed by atoms with E-state index in [1.807, 2.05) is 112 Å². The summed E-state index contributed by atoms with van der Waals surface area (Å²) in [5, 5.41) is 84.5. The fourth-order valence-electron chi connectivity index (χ4n) is 10.4. The van der Waals surface area contributed by atoms with Crippen LogP contribution in [0.4, 0.5) is 13.2 Å². The zero-order valence-corrected chi connectivity index (χ0v) is 39.2. The van der Waals surface area contributed by atoms with Gasteiger partial charge in [0.15, 0.2) is 0 Å². The quantitative estimate of drug-likeness (QED) is 0.157. The average Bonchev–Trinajstić information content (AvgIpc) is 4.00. The van der Waals surface area contributed by atoms with Crippen molar-refractivity contribution in [1.82, 2.24) is 9.13 Å². The SMILES string of the molecule is N#Cc1cc(C#N)c(-c2ccc3c(c2)c2ccccc2n3-c2ccc(C#N)c(-c3cc(-c4ccc(C(F)(F)F)cc4C#N)ccc3-n3c4ccccc4c4cc(-c5c(C#N)cc(C#N)cc5C#N)ccc43)c2)c(C#N)c1. The molecule has 0 spiro atoms. The van der Waals surface area contributed by atoms with E-state index in [0.29, 0.717) is 55.8 Å². The van der Waals surface area contributed by atoms with Crippen molar-refractivity contribution in [2.45, 2.75) is 6.18 Å². The monoisotopic (exact) mass is 980 g/mol. The zero-order chi connectivity index (χ0) is 53.0. The van der Waals surface area contributed by atoms with Gasteiger partial charge in [0.2, 0.25) is 0 Å². The van der Waals surface area contributed by atoms with Crippen LogP contribution >= 0.6 is 0 Å². The molecule has 0 fully saturated rings. The Kier molecular flexibility index (Phi) is 11.1. The van der Waals surface area contributed by atoms with E-state index in [9.17, 15) is 55.3 Å². The smallest absolute Gasteiger partial charge is 0.309 e. The zero-order valence-electron chi connectivity index (χ0n) is 39.2. The number of nitriles is 8. The minimum atomic E-state index is -4.71. The summed E-state index contributed by atoms with van der Waals surface area (Å²) in [5.41, 5.74) is 7.61. The van der Waals surface area contributed by atoms with Crippen LogP contribution in [0.25, 0.3) is 99.5 Å². The molecule has 2 heterocycles. The Bertz CT molecular complexity index is 4680. The highest BCUT2D eigenvalue weighted by Crippen LogP contribution is 2.44. The van der Waals surface area contributed by atoms with Gasteiger partial charge in [0.1, 0.15) is 0 Å². The first-order chi connectivity index (χ1) is 36.9. The fourth-order valence-corrected chi connectivity index (χ4v) is 10.4. The van der Waals surface area contributed by atoms with E-state index in [4.69, 9.17) is 0 Å². The molecule has 0 aliphatic heterocycles. The first-order valence-electron chi connectivity index (χ1n) is 23.1. The molecule has 0 N–H and O–H groups in total. The van der Waals surface area contributed by atoms with Gasteiger partial charge < -0.3 is 9.13 Å². The molecule has 0 radical (unpaired) electrons. The summed E-state index contributed by atoms with van der Waals surface area (Å²) in [6, 6.07) is 62.8. The lowest BCUT2D eigenvalue weighted by Crippen LogP contribution is -2.05. The average molecular weight is 981 g/mol. The summed E-state index contributed by atoms with van der Waals surface area (Å²) < 4.78 is 46.1. The van der Waals surface area contributed by atoms with Gasteiger partial charge in [-0.25, -0.2) is 0 Å². The molecule has 0 bridgehead atoms. The van der Waals surface area contributed by atoms with Crippen molar-refractivity contribution in [3.05, 3.63) is 214 Å². The number of rotatable bonds is 6. The molecular formula is C63H27F3N10. The molecule has 76 heavy (non-hydrogen) atoms. The van der Waals surface area contributed by atoms with E-state index in [0.717, 1.165) is 50.2 Å². The Morgan fingerprint density at radius 2 is 0.803 bits per heavy atom. The summed E-state index contributed by atoms with van der Waals surface area (Å²) in [6.07, 6.45) is -4.71. The van der Waals surface area contributed by atoms with Gasteiger partial charge in [-0.1, -0.05) is 60.7 Å². The van der Waals surface area contributed by atoms with Crippen LogP contribution in [0.3, 0.4) is 0 Å². The van der Waals surface area contributed by atoms with Gasteiger partial charge in [-0.2, -0.15) is 55.3 Å². The molecule has 0 atom stereocenters. The topological polar surface area (TPSA) is 200 Å². The summed E-state index contributed by atoms with van der Waals surface area (Å²) in [4.78, 5) is 0. The van der Waals surface area contributed by atoms with Crippen molar-refractivity contribution >= 4 is 43.6 Å². The van der Waals surface area contributed by atoms with Gasteiger partial charge in [-0.15, -0.1) is 0 Å². The first-order valence-corrected chi connectivity index (χ1v) is 23.1. The maximum absolute atomic E-state index is 14.0. The Labute approximate surface area is 430 Å². The van der Waals surface area contributed by atoms with Gasteiger partial charge in [-0.05, 0) is 125 Å². The van der Waals surface area contributed by atoms with Gasteiger partial charge in [0.05, 0.1) is 126 Å². The predicted molar refractivity (Wildman–Crippen MR) is 280 cm³/mol. The van der Waals surface area contributed by atoms with E-state index in [1.54, 1.807) is 36.4 Å². The van der Waals surface area contributed by atoms with E-state index in [-0.39, 0.29) is 50.1 Å². The second-order valence-electron chi connectivity index (χ2n) is 17.7. The Morgan fingerprint density at radius 3 is 1.30 bits per heavy atom. The number of fused-ring (bicyclic) bond motifs is 6. The number of hydrogen-bond acceptors (Lipinski definition) is 8. The van der Waals surface area contributed by atoms with Crippen molar-refractivity contribution < 1.29 is 13.2 Å². The van der Waals surface area contributed by atoms with Crippen molar-refractivity contribution in [1.29, 1.82) is 42.1 Å². The second kappa shape index (κ2) is 18.2. The number of aromatic nitrogens is 2. The van der Waals surface area contributed by atoms with Crippen LogP contribution in [0.15, 0.2) is 164 Å². The Hall–Kier alpha value is -11.7. The van der Waals surface area contributed by atoms with Crippen molar-refractivity contribution in [3.63, 3.8) is 0 Å².